The van der Waals surface area contributed by atoms with Crippen LogP contribution in [-0.4, -0.2) is 19.9 Å². The van der Waals surface area contributed by atoms with Gasteiger partial charge in [0.15, 0.2) is 5.16 Å². The van der Waals surface area contributed by atoms with E-state index in [0.29, 0.717) is 20.9 Å². The zero-order chi connectivity index (χ0) is 12.4. The molecule has 88 valence electrons. The summed E-state index contributed by atoms with van der Waals surface area (Å²) in [7, 11) is 0. The fraction of sp³-hybridized carbons (Fsp3) is 0.111. The van der Waals surface area contributed by atoms with Gasteiger partial charge in [-0.15, -0.1) is 0 Å². The monoisotopic (exact) mass is 288 g/mol. The number of aryl methyl sites for hydroxylation is 1. The van der Waals surface area contributed by atoms with Crippen molar-refractivity contribution in [1.82, 2.24) is 19.9 Å². The molecular formula is C9H6Cl2N4OS. The summed E-state index contributed by atoms with van der Waals surface area (Å²) in [6, 6.07) is 1.40. The van der Waals surface area contributed by atoms with Crippen molar-refractivity contribution < 1.29 is 0 Å². The highest BCUT2D eigenvalue weighted by Gasteiger charge is 2.08. The van der Waals surface area contributed by atoms with Crippen LogP contribution in [0.2, 0.25) is 10.3 Å². The fourth-order valence-electron chi connectivity index (χ4n) is 1.09. The van der Waals surface area contributed by atoms with Crippen molar-refractivity contribution in [1.29, 1.82) is 0 Å². The van der Waals surface area contributed by atoms with E-state index in [1.165, 1.54) is 12.3 Å². The van der Waals surface area contributed by atoms with Crippen LogP contribution >= 0.6 is 35.0 Å². The first-order chi connectivity index (χ1) is 8.04. The highest BCUT2D eigenvalue weighted by Crippen LogP contribution is 2.29. The Morgan fingerprint density at radius 1 is 1.35 bits per heavy atom. The van der Waals surface area contributed by atoms with E-state index in [1.54, 1.807) is 6.92 Å². The molecule has 0 aliphatic carbocycles. The summed E-state index contributed by atoms with van der Waals surface area (Å²) in [5.41, 5.74) is 0.392. The maximum Gasteiger partial charge on any atom is 0.251 e. The first kappa shape index (κ1) is 12.3. The molecule has 2 rings (SSSR count). The van der Waals surface area contributed by atoms with Crippen LogP contribution in [0.15, 0.2) is 27.2 Å². The van der Waals surface area contributed by atoms with E-state index in [0.717, 1.165) is 11.8 Å². The second kappa shape index (κ2) is 5.03. The predicted octanol–water partition coefficient (Wildman–Crippen LogP) is 2.33. The molecule has 2 heterocycles. The number of aromatic nitrogens is 4. The molecule has 17 heavy (non-hydrogen) atoms. The Morgan fingerprint density at radius 3 is 2.82 bits per heavy atom. The smallest absolute Gasteiger partial charge is 0.251 e. The summed E-state index contributed by atoms with van der Waals surface area (Å²) >= 11 is 12.7. The Balaban J connectivity index is 2.37. The van der Waals surface area contributed by atoms with E-state index in [2.05, 4.69) is 19.9 Å². The molecule has 2 aromatic heterocycles. The van der Waals surface area contributed by atoms with Gasteiger partial charge in [-0.1, -0.05) is 11.6 Å². The molecule has 2 aromatic rings. The minimum atomic E-state index is -0.226. The Labute approximate surface area is 111 Å². The molecule has 0 aliphatic rings. The SMILES string of the molecule is Cc1cc(=O)[nH]c(Sc2nc(Cl)ncc2Cl)n1. The lowest BCUT2D eigenvalue weighted by Gasteiger charge is -2.02. The molecule has 0 radical (unpaired) electrons. The number of nitrogens with zero attached hydrogens (tertiary/aromatic N) is 3. The number of aromatic amines is 1. The van der Waals surface area contributed by atoms with Crippen LogP contribution in [-0.2, 0) is 0 Å². The lowest BCUT2D eigenvalue weighted by atomic mass is 10.5. The lowest BCUT2D eigenvalue weighted by Crippen LogP contribution is -2.08. The molecule has 0 aromatic carbocycles. The summed E-state index contributed by atoms with van der Waals surface area (Å²) in [5, 5.41) is 1.29. The first-order valence-corrected chi connectivity index (χ1v) is 6.06. The van der Waals surface area contributed by atoms with Crippen molar-refractivity contribution in [2.45, 2.75) is 17.1 Å². The van der Waals surface area contributed by atoms with Crippen LogP contribution in [0, 0.1) is 6.92 Å². The summed E-state index contributed by atoms with van der Waals surface area (Å²) in [5.74, 6) is 0. The van der Waals surface area contributed by atoms with Crippen LogP contribution in [0.4, 0.5) is 0 Å². The highest BCUT2D eigenvalue weighted by atomic mass is 35.5. The zero-order valence-corrected chi connectivity index (χ0v) is 10.9. The fourth-order valence-corrected chi connectivity index (χ4v) is 2.29. The number of H-pyrrole nitrogens is 1. The number of nitrogens with one attached hydrogen (secondary N) is 1. The van der Waals surface area contributed by atoms with Gasteiger partial charge in [-0.3, -0.25) is 4.79 Å². The number of hydrogen-bond acceptors (Lipinski definition) is 5. The molecule has 0 fully saturated rings. The van der Waals surface area contributed by atoms with E-state index in [1.807, 2.05) is 0 Å². The quantitative estimate of drug-likeness (QED) is 0.678. The molecule has 0 saturated heterocycles. The average Bonchev–Trinajstić information content (AvgIpc) is 2.22. The van der Waals surface area contributed by atoms with E-state index in [9.17, 15) is 4.79 Å². The van der Waals surface area contributed by atoms with Gasteiger partial charge >= 0.3 is 0 Å². The lowest BCUT2D eigenvalue weighted by molar-refractivity contribution is 0.900. The third-order valence-corrected chi connectivity index (χ3v) is 3.19. The number of hydrogen-bond donors (Lipinski definition) is 1. The second-order valence-electron chi connectivity index (χ2n) is 3.09. The van der Waals surface area contributed by atoms with Crippen molar-refractivity contribution >= 4 is 35.0 Å². The van der Waals surface area contributed by atoms with Crippen LogP contribution in [0.25, 0.3) is 0 Å². The summed E-state index contributed by atoms with van der Waals surface area (Å²) < 4.78 is 0. The highest BCUT2D eigenvalue weighted by molar-refractivity contribution is 7.99. The standard InChI is InChI=1S/C9H6Cl2N4OS/c1-4-2-6(16)14-9(13-4)17-7-5(10)3-12-8(11)15-7/h2-3H,1H3,(H,13,14,16). The molecule has 0 spiro atoms. The van der Waals surface area contributed by atoms with Crippen molar-refractivity contribution in [3.05, 3.63) is 38.6 Å². The van der Waals surface area contributed by atoms with Crippen LogP contribution in [0.5, 0.6) is 0 Å². The van der Waals surface area contributed by atoms with Gasteiger partial charge in [-0.05, 0) is 30.3 Å². The van der Waals surface area contributed by atoms with Crippen molar-refractivity contribution in [3.63, 3.8) is 0 Å². The van der Waals surface area contributed by atoms with Gasteiger partial charge in [0.1, 0.15) is 5.03 Å². The van der Waals surface area contributed by atoms with Gasteiger partial charge < -0.3 is 4.98 Å². The van der Waals surface area contributed by atoms with E-state index < -0.39 is 0 Å². The van der Waals surface area contributed by atoms with Gasteiger partial charge in [-0.2, -0.15) is 0 Å². The predicted molar refractivity (Wildman–Crippen MR) is 65.8 cm³/mol. The molecular weight excluding hydrogens is 283 g/mol. The minimum absolute atomic E-state index is 0.0897. The number of rotatable bonds is 2. The van der Waals surface area contributed by atoms with E-state index >= 15 is 0 Å². The third kappa shape index (κ3) is 3.18. The van der Waals surface area contributed by atoms with Gasteiger partial charge in [0, 0.05) is 11.8 Å². The summed E-state index contributed by atoms with van der Waals surface area (Å²) in [6.07, 6.45) is 1.40. The largest absolute Gasteiger partial charge is 0.301 e. The topological polar surface area (TPSA) is 71.5 Å². The molecule has 0 unspecified atom stereocenters. The van der Waals surface area contributed by atoms with Gasteiger partial charge in [0.05, 0.1) is 11.2 Å². The molecule has 8 heteroatoms. The first-order valence-electron chi connectivity index (χ1n) is 4.48. The molecule has 0 aliphatic heterocycles. The molecule has 1 N–H and O–H groups in total. The maximum absolute atomic E-state index is 11.3. The zero-order valence-electron chi connectivity index (χ0n) is 8.57. The average molecular weight is 289 g/mol. The summed E-state index contributed by atoms with van der Waals surface area (Å²) in [4.78, 5) is 25.7. The van der Waals surface area contributed by atoms with E-state index in [4.69, 9.17) is 23.2 Å². The van der Waals surface area contributed by atoms with Crippen LogP contribution < -0.4 is 5.56 Å². The number of halogens is 2. The molecule has 0 bridgehead atoms. The van der Waals surface area contributed by atoms with E-state index in [-0.39, 0.29) is 10.8 Å². The Hall–Kier alpha value is -1.11. The Kier molecular flexibility index (Phi) is 3.66. The van der Waals surface area contributed by atoms with Crippen molar-refractivity contribution in [2.24, 2.45) is 0 Å². The van der Waals surface area contributed by atoms with Crippen LogP contribution in [0.1, 0.15) is 5.69 Å². The normalized spacial score (nSPS) is 10.5. The molecule has 0 amide bonds. The Bertz CT molecular complexity index is 616. The molecule has 0 saturated carbocycles. The van der Waals surface area contributed by atoms with Gasteiger partial charge in [0.25, 0.3) is 5.56 Å². The van der Waals surface area contributed by atoms with Gasteiger partial charge in [0.2, 0.25) is 5.28 Å². The second-order valence-corrected chi connectivity index (χ2v) is 4.81. The maximum atomic E-state index is 11.3. The molecule has 0 atom stereocenters. The van der Waals surface area contributed by atoms with Gasteiger partial charge in [-0.25, -0.2) is 15.0 Å². The van der Waals surface area contributed by atoms with Crippen molar-refractivity contribution in [2.75, 3.05) is 0 Å². The van der Waals surface area contributed by atoms with Crippen molar-refractivity contribution in [3.8, 4) is 0 Å². The third-order valence-electron chi connectivity index (χ3n) is 1.72. The van der Waals surface area contributed by atoms with Crippen LogP contribution in [0.3, 0.4) is 0 Å². The molecule has 5 nitrogen and oxygen atoms in total. The summed E-state index contributed by atoms with van der Waals surface area (Å²) in [6.45, 7) is 1.73. The minimum Gasteiger partial charge on any atom is -0.301 e. The Morgan fingerprint density at radius 2 is 2.12 bits per heavy atom.